The summed E-state index contributed by atoms with van der Waals surface area (Å²) < 4.78 is 9.40. The zero-order valence-corrected chi connectivity index (χ0v) is 24.2. The van der Waals surface area contributed by atoms with Crippen LogP contribution in [0.4, 0.5) is 22.4 Å². The van der Waals surface area contributed by atoms with E-state index in [0.717, 1.165) is 35.3 Å². The van der Waals surface area contributed by atoms with Crippen molar-refractivity contribution in [2.45, 2.75) is 51.7 Å². The molecule has 2 N–H and O–H groups in total. The Labute approximate surface area is 244 Å². The van der Waals surface area contributed by atoms with Gasteiger partial charge in [-0.2, -0.15) is 4.98 Å². The monoisotopic (exact) mass is 568 g/mol. The zero-order chi connectivity index (χ0) is 29.4. The fraction of sp³-hybridized carbons (Fsp3) is 0.355. The molecule has 1 aromatic carbocycles. The third kappa shape index (κ3) is 5.54. The van der Waals surface area contributed by atoms with Crippen molar-refractivity contribution in [1.82, 2.24) is 29.0 Å². The molecule has 218 valence electrons. The Morgan fingerprint density at radius 3 is 2.67 bits per heavy atom. The van der Waals surface area contributed by atoms with E-state index in [2.05, 4.69) is 23.0 Å². The van der Waals surface area contributed by atoms with Crippen molar-refractivity contribution in [2.24, 2.45) is 0 Å². The Bertz CT molecular complexity index is 1650. The van der Waals surface area contributed by atoms with Crippen LogP contribution in [0.15, 0.2) is 73.4 Å². The summed E-state index contributed by atoms with van der Waals surface area (Å²) in [7, 11) is 0. The smallest absolute Gasteiger partial charge is 0.410 e. The normalized spacial score (nSPS) is 17.4. The van der Waals surface area contributed by atoms with Crippen LogP contribution in [0.2, 0.25) is 0 Å². The minimum absolute atomic E-state index is 0.109. The number of rotatable bonds is 6. The summed E-state index contributed by atoms with van der Waals surface area (Å²) in [5, 5.41) is 18.6. The lowest BCUT2D eigenvalue weighted by Crippen LogP contribution is -2.39. The first kappa shape index (κ1) is 27.4. The summed E-state index contributed by atoms with van der Waals surface area (Å²) >= 11 is 0. The van der Waals surface area contributed by atoms with Gasteiger partial charge in [0.1, 0.15) is 29.0 Å². The predicted octanol–water partition coefficient (Wildman–Crippen LogP) is 5.72. The van der Waals surface area contributed by atoms with Crippen molar-refractivity contribution < 1.29 is 14.6 Å². The quantitative estimate of drug-likeness (QED) is 0.284. The molecule has 0 radical (unpaired) electrons. The first-order valence-electron chi connectivity index (χ1n) is 14.2. The van der Waals surface area contributed by atoms with Crippen LogP contribution in [-0.2, 0) is 4.74 Å². The summed E-state index contributed by atoms with van der Waals surface area (Å²) in [5.74, 6) is 1.85. The van der Waals surface area contributed by atoms with Crippen LogP contribution < -0.4 is 10.2 Å². The van der Waals surface area contributed by atoms with Gasteiger partial charge < -0.3 is 29.5 Å². The second kappa shape index (κ2) is 10.9. The van der Waals surface area contributed by atoms with E-state index in [-0.39, 0.29) is 17.9 Å². The maximum absolute atomic E-state index is 12.6. The molecular formula is C31H36N8O3. The van der Waals surface area contributed by atoms with Gasteiger partial charge in [-0.3, -0.25) is 0 Å². The van der Waals surface area contributed by atoms with E-state index in [4.69, 9.17) is 14.8 Å². The molecule has 6 rings (SSSR count). The van der Waals surface area contributed by atoms with Gasteiger partial charge >= 0.3 is 6.09 Å². The molecule has 42 heavy (non-hydrogen) atoms. The first-order chi connectivity index (χ1) is 20.2. The number of para-hydroxylation sites is 1. The third-order valence-corrected chi connectivity index (χ3v) is 7.47. The molecule has 11 nitrogen and oxygen atoms in total. The lowest BCUT2D eigenvalue weighted by Gasteiger charge is -2.29. The van der Waals surface area contributed by atoms with Crippen LogP contribution in [0.3, 0.4) is 0 Å². The minimum Gasteiger partial charge on any atom is -0.511 e. The van der Waals surface area contributed by atoms with Gasteiger partial charge in [-0.15, -0.1) is 5.10 Å². The van der Waals surface area contributed by atoms with E-state index in [0.29, 0.717) is 43.6 Å². The molecular weight excluding hydrogens is 532 g/mol. The molecule has 3 aromatic heterocycles. The number of hydrogen-bond acceptors (Lipinski definition) is 8. The van der Waals surface area contributed by atoms with Crippen molar-refractivity contribution in [3.05, 3.63) is 79.1 Å². The molecule has 0 unspecified atom stereocenters. The van der Waals surface area contributed by atoms with Gasteiger partial charge in [0.25, 0.3) is 0 Å². The first-order valence-corrected chi connectivity index (χ1v) is 14.2. The Morgan fingerprint density at radius 2 is 1.95 bits per heavy atom. The van der Waals surface area contributed by atoms with Gasteiger partial charge in [0, 0.05) is 25.3 Å². The van der Waals surface area contributed by atoms with Crippen LogP contribution in [-0.4, -0.2) is 71.5 Å². The van der Waals surface area contributed by atoms with Crippen LogP contribution in [0.25, 0.3) is 16.8 Å². The molecule has 1 fully saturated rings. The molecule has 0 bridgehead atoms. The number of carbonyl (C=O) groups is 1. The van der Waals surface area contributed by atoms with E-state index in [1.807, 2.05) is 83.4 Å². The number of hydrogen-bond donors (Lipinski definition) is 2. The number of fused-ring (bicyclic) bond motifs is 1. The molecule has 0 spiro atoms. The molecule has 5 heterocycles. The molecule has 2 aliphatic rings. The molecule has 11 heteroatoms. The number of aliphatic hydroxyl groups is 1. The number of carbonyl (C=O) groups excluding carboxylic acids is 1. The molecule has 0 aliphatic carbocycles. The highest BCUT2D eigenvalue weighted by Gasteiger charge is 2.31. The molecule has 0 saturated carbocycles. The number of amides is 1. The number of nitrogens with one attached hydrogen (secondary N) is 1. The number of anilines is 3. The molecule has 4 aromatic rings. The van der Waals surface area contributed by atoms with Gasteiger partial charge in [-0.25, -0.2) is 14.3 Å². The second-order valence-corrected chi connectivity index (χ2v) is 11.7. The molecule has 2 aliphatic heterocycles. The highest BCUT2D eigenvalue weighted by molar-refractivity contribution is 5.79. The van der Waals surface area contributed by atoms with Crippen LogP contribution in [0, 0.1) is 0 Å². The van der Waals surface area contributed by atoms with Crippen LogP contribution in [0.5, 0.6) is 0 Å². The number of imidazole rings is 1. The standard InChI is InChI=1S/C31H36N8O3/c1-21(40)24-11-8-16-38(24)29-34-28(33-27-19-37(20-32-27)23-9-6-5-7-10-23)26-13-12-25(39(26)35-29)22-14-17-36(18-15-22)30(41)42-31(2,3)4/h5-7,9-10,12-14,19-20,24,40H,1,8,11,15-18H2,2-4H3,(H,33,34,35)/t24-/m0/s1. The Morgan fingerprint density at radius 1 is 1.14 bits per heavy atom. The highest BCUT2D eigenvalue weighted by atomic mass is 16.6. The molecule has 1 saturated heterocycles. The van der Waals surface area contributed by atoms with Crippen LogP contribution in [0.1, 0.15) is 45.7 Å². The summed E-state index contributed by atoms with van der Waals surface area (Å²) in [4.78, 5) is 25.8. The third-order valence-electron chi connectivity index (χ3n) is 7.47. The number of benzene rings is 1. The Hall–Kier alpha value is -4.80. The highest BCUT2D eigenvalue weighted by Crippen LogP contribution is 2.32. The van der Waals surface area contributed by atoms with Crippen LogP contribution >= 0.6 is 0 Å². The topological polar surface area (TPSA) is 113 Å². The Kier molecular flexibility index (Phi) is 7.09. The summed E-state index contributed by atoms with van der Waals surface area (Å²) in [5.41, 5.74) is 3.26. The minimum atomic E-state index is -0.542. The lowest BCUT2D eigenvalue weighted by molar-refractivity contribution is 0.0270. The van der Waals surface area contributed by atoms with E-state index >= 15 is 0 Å². The number of ether oxygens (including phenoxy) is 1. The maximum Gasteiger partial charge on any atom is 0.410 e. The second-order valence-electron chi connectivity index (χ2n) is 11.7. The van der Waals surface area contributed by atoms with Crippen molar-refractivity contribution >= 4 is 34.8 Å². The number of aromatic nitrogens is 5. The van der Waals surface area contributed by atoms with E-state index in [9.17, 15) is 9.90 Å². The maximum atomic E-state index is 12.6. The largest absolute Gasteiger partial charge is 0.511 e. The Balaban J connectivity index is 1.35. The molecule has 1 atom stereocenters. The van der Waals surface area contributed by atoms with Crippen molar-refractivity contribution in [3.63, 3.8) is 0 Å². The number of nitrogens with zero attached hydrogens (tertiary/aromatic N) is 7. The van der Waals surface area contributed by atoms with Gasteiger partial charge in [-0.1, -0.05) is 30.9 Å². The van der Waals surface area contributed by atoms with Gasteiger partial charge in [0.15, 0.2) is 5.82 Å². The van der Waals surface area contributed by atoms with Gasteiger partial charge in [0.2, 0.25) is 5.95 Å². The zero-order valence-electron chi connectivity index (χ0n) is 24.2. The summed E-state index contributed by atoms with van der Waals surface area (Å²) in [6, 6.07) is 13.8. The average molecular weight is 569 g/mol. The summed E-state index contributed by atoms with van der Waals surface area (Å²) in [6.45, 7) is 11.1. The SMILES string of the molecule is C=C(O)[C@@H]1CCCN1c1nc(Nc2cn(-c3ccccc3)cn2)c2ccc(C3=CCN(C(=O)OC(C)(C)C)CC3)n2n1. The van der Waals surface area contributed by atoms with Gasteiger partial charge in [0.05, 0.1) is 17.9 Å². The van der Waals surface area contributed by atoms with Crippen molar-refractivity contribution in [3.8, 4) is 5.69 Å². The lowest BCUT2D eigenvalue weighted by atomic mass is 10.1. The number of aliphatic hydroxyl groups excluding tert-OH is 1. The van der Waals surface area contributed by atoms with Crippen molar-refractivity contribution in [1.29, 1.82) is 0 Å². The molecule has 1 amide bonds. The predicted molar refractivity (Wildman–Crippen MR) is 162 cm³/mol. The van der Waals surface area contributed by atoms with Crippen molar-refractivity contribution in [2.75, 3.05) is 29.9 Å². The van der Waals surface area contributed by atoms with E-state index in [1.54, 1.807) is 11.2 Å². The fourth-order valence-corrected chi connectivity index (χ4v) is 5.44. The average Bonchev–Trinajstić information content (AvgIpc) is 3.72. The summed E-state index contributed by atoms with van der Waals surface area (Å²) in [6.07, 6.45) is 7.77. The van der Waals surface area contributed by atoms with E-state index < -0.39 is 5.60 Å². The fourth-order valence-electron chi connectivity index (χ4n) is 5.44. The van der Waals surface area contributed by atoms with Gasteiger partial charge in [-0.05, 0) is 69.9 Å². The van der Waals surface area contributed by atoms with E-state index in [1.165, 1.54) is 0 Å².